The van der Waals surface area contributed by atoms with Crippen LogP contribution in [0.4, 0.5) is 0 Å². The molecule has 0 saturated heterocycles. The Morgan fingerprint density at radius 2 is 2.13 bits per heavy atom. The molecule has 0 atom stereocenters. The second-order valence-corrected chi connectivity index (χ2v) is 3.13. The van der Waals surface area contributed by atoms with Crippen LogP contribution >= 0.6 is 11.6 Å². The Labute approximate surface area is 91.0 Å². The molecule has 0 N–H and O–H groups in total. The Kier molecular flexibility index (Phi) is 2.69. The van der Waals surface area contributed by atoms with E-state index in [1.807, 2.05) is 6.07 Å². The third-order valence-corrected chi connectivity index (χ3v) is 2.09. The number of hydrogen-bond donors (Lipinski definition) is 0. The summed E-state index contributed by atoms with van der Waals surface area (Å²) in [4.78, 5) is 22.5. The minimum Gasteiger partial charge on any atom is -0.298 e. The van der Waals surface area contributed by atoms with Gasteiger partial charge in [-0.15, -0.1) is 0 Å². The smallest absolute Gasteiger partial charge is 0.179 e. The second kappa shape index (κ2) is 4.14. The number of aldehydes is 1. The molecule has 0 spiro atoms. The predicted octanol–water partition coefficient (Wildman–Crippen LogP) is 2.00. The summed E-state index contributed by atoms with van der Waals surface area (Å²) < 4.78 is 0. The zero-order valence-electron chi connectivity index (χ0n) is 7.59. The molecule has 0 radical (unpaired) electrons. The Morgan fingerprint density at radius 3 is 2.73 bits per heavy atom. The first kappa shape index (κ1) is 9.73. The van der Waals surface area contributed by atoms with Crippen LogP contribution in [0.3, 0.4) is 0 Å². The van der Waals surface area contributed by atoms with E-state index in [0.29, 0.717) is 17.8 Å². The number of carbonyl (C=O) groups excluding carboxylic acids is 1. The van der Waals surface area contributed by atoms with Crippen LogP contribution in [0.1, 0.15) is 10.4 Å². The van der Waals surface area contributed by atoms with Crippen molar-refractivity contribution >= 4 is 17.9 Å². The van der Waals surface area contributed by atoms with E-state index in [-0.39, 0.29) is 10.7 Å². The van der Waals surface area contributed by atoms with Gasteiger partial charge in [-0.1, -0.05) is 17.7 Å². The Bertz CT molecular complexity index is 487. The molecule has 74 valence electrons. The van der Waals surface area contributed by atoms with Gasteiger partial charge in [0, 0.05) is 12.4 Å². The van der Waals surface area contributed by atoms with Crippen molar-refractivity contribution in [2.45, 2.75) is 0 Å². The van der Waals surface area contributed by atoms with Gasteiger partial charge in [-0.3, -0.25) is 9.78 Å². The number of aromatic nitrogens is 3. The summed E-state index contributed by atoms with van der Waals surface area (Å²) in [5.74, 6) is 0.409. The van der Waals surface area contributed by atoms with Crippen LogP contribution in [0.2, 0.25) is 5.15 Å². The van der Waals surface area contributed by atoms with E-state index >= 15 is 0 Å². The van der Waals surface area contributed by atoms with E-state index in [1.54, 1.807) is 18.3 Å². The molecular weight excluding hydrogens is 214 g/mol. The molecule has 0 fully saturated rings. The van der Waals surface area contributed by atoms with Crippen molar-refractivity contribution in [3.8, 4) is 11.5 Å². The maximum absolute atomic E-state index is 10.5. The average molecular weight is 220 g/mol. The fourth-order valence-corrected chi connectivity index (χ4v) is 1.24. The zero-order chi connectivity index (χ0) is 10.7. The van der Waals surface area contributed by atoms with Gasteiger partial charge in [0.1, 0.15) is 10.8 Å². The first-order chi connectivity index (χ1) is 7.31. The van der Waals surface area contributed by atoms with E-state index in [2.05, 4.69) is 15.0 Å². The monoisotopic (exact) mass is 219 g/mol. The number of carbonyl (C=O) groups is 1. The second-order valence-electron chi connectivity index (χ2n) is 2.77. The van der Waals surface area contributed by atoms with Crippen LogP contribution in [-0.4, -0.2) is 21.2 Å². The molecule has 0 unspecified atom stereocenters. The Morgan fingerprint density at radius 1 is 1.27 bits per heavy atom. The van der Waals surface area contributed by atoms with Crippen molar-refractivity contribution in [2.75, 3.05) is 0 Å². The summed E-state index contributed by atoms with van der Waals surface area (Å²) in [5.41, 5.74) is 0.896. The molecule has 0 amide bonds. The first-order valence-electron chi connectivity index (χ1n) is 4.20. The summed E-state index contributed by atoms with van der Waals surface area (Å²) in [7, 11) is 0. The minimum atomic E-state index is 0.139. The Balaban J connectivity index is 2.47. The topological polar surface area (TPSA) is 55.7 Å². The van der Waals surface area contributed by atoms with Crippen LogP contribution in [0.5, 0.6) is 0 Å². The first-order valence-corrected chi connectivity index (χ1v) is 4.58. The fraction of sp³-hybridized carbons (Fsp3) is 0. The lowest BCUT2D eigenvalue weighted by molar-refractivity contribution is 0.112. The largest absolute Gasteiger partial charge is 0.298 e. The molecule has 0 aromatic carbocycles. The highest BCUT2D eigenvalue weighted by Gasteiger charge is 2.06. The number of halogens is 1. The molecule has 0 saturated carbocycles. The van der Waals surface area contributed by atoms with Gasteiger partial charge < -0.3 is 0 Å². The van der Waals surface area contributed by atoms with Gasteiger partial charge >= 0.3 is 0 Å². The molecule has 0 aliphatic heterocycles. The molecule has 2 aromatic rings. The maximum atomic E-state index is 10.5. The summed E-state index contributed by atoms with van der Waals surface area (Å²) in [5, 5.41) is 0.139. The molecule has 0 bridgehead atoms. The normalized spacial score (nSPS) is 9.93. The molecule has 5 heteroatoms. The highest BCUT2D eigenvalue weighted by molar-refractivity contribution is 6.31. The van der Waals surface area contributed by atoms with E-state index in [9.17, 15) is 4.79 Å². The van der Waals surface area contributed by atoms with Crippen molar-refractivity contribution in [3.63, 3.8) is 0 Å². The number of pyridine rings is 1. The van der Waals surface area contributed by atoms with E-state index in [4.69, 9.17) is 11.6 Å². The molecule has 4 nitrogen and oxygen atoms in total. The molecule has 2 rings (SSSR count). The summed E-state index contributed by atoms with van der Waals surface area (Å²) in [6, 6.07) is 5.39. The van der Waals surface area contributed by atoms with Crippen molar-refractivity contribution in [2.24, 2.45) is 0 Å². The fourth-order valence-electron chi connectivity index (χ4n) is 1.07. The predicted molar refractivity (Wildman–Crippen MR) is 55.7 cm³/mol. The number of hydrogen-bond acceptors (Lipinski definition) is 4. The lowest BCUT2D eigenvalue weighted by Crippen LogP contribution is -1.95. The third kappa shape index (κ3) is 1.99. The van der Waals surface area contributed by atoms with Gasteiger partial charge in [0.05, 0.1) is 5.56 Å². The van der Waals surface area contributed by atoms with E-state index in [0.717, 1.165) is 0 Å². The maximum Gasteiger partial charge on any atom is 0.179 e. The Hall–Kier alpha value is -1.81. The van der Waals surface area contributed by atoms with E-state index < -0.39 is 0 Å². The van der Waals surface area contributed by atoms with Gasteiger partial charge in [0.2, 0.25) is 0 Å². The molecule has 0 aliphatic carbocycles. The molecule has 2 heterocycles. The van der Waals surface area contributed by atoms with Crippen molar-refractivity contribution in [1.29, 1.82) is 0 Å². The van der Waals surface area contributed by atoms with Crippen molar-refractivity contribution < 1.29 is 4.79 Å². The van der Waals surface area contributed by atoms with Gasteiger partial charge in [-0.05, 0) is 12.1 Å². The lowest BCUT2D eigenvalue weighted by Gasteiger charge is -1.99. The number of rotatable bonds is 2. The summed E-state index contributed by atoms with van der Waals surface area (Å²) in [6.07, 6.45) is 3.64. The molecular formula is C10H6ClN3O. The van der Waals surface area contributed by atoms with Crippen LogP contribution in [0.15, 0.2) is 30.6 Å². The SMILES string of the molecule is O=Cc1cnc(-c2ccccn2)nc1Cl. The number of nitrogens with zero attached hydrogens (tertiary/aromatic N) is 3. The highest BCUT2D eigenvalue weighted by Crippen LogP contribution is 2.15. The lowest BCUT2D eigenvalue weighted by atomic mass is 10.3. The van der Waals surface area contributed by atoms with Crippen LogP contribution < -0.4 is 0 Å². The standard InChI is InChI=1S/C10H6ClN3O/c11-9-7(6-15)5-13-10(14-9)8-3-1-2-4-12-8/h1-6H. The third-order valence-electron chi connectivity index (χ3n) is 1.79. The molecule has 2 aromatic heterocycles. The highest BCUT2D eigenvalue weighted by atomic mass is 35.5. The molecule has 0 aliphatic rings. The summed E-state index contributed by atoms with van der Waals surface area (Å²) in [6.45, 7) is 0. The van der Waals surface area contributed by atoms with Crippen molar-refractivity contribution in [1.82, 2.24) is 15.0 Å². The average Bonchev–Trinajstić information content (AvgIpc) is 2.30. The van der Waals surface area contributed by atoms with Crippen LogP contribution in [0.25, 0.3) is 11.5 Å². The zero-order valence-corrected chi connectivity index (χ0v) is 8.35. The van der Waals surface area contributed by atoms with E-state index in [1.165, 1.54) is 6.20 Å². The molecule has 15 heavy (non-hydrogen) atoms. The van der Waals surface area contributed by atoms with Gasteiger partial charge in [0.15, 0.2) is 12.1 Å². The van der Waals surface area contributed by atoms with Crippen molar-refractivity contribution in [3.05, 3.63) is 41.3 Å². The van der Waals surface area contributed by atoms with Gasteiger partial charge in [-0.25, -0.2) is 9.97 Å². The minimum absolute atomic E-state index is 0.139. The van der Waals surface area contributed by atoms with Gasteiger partial charge in [-0.2, -0.15) is 0 Å². The summed E-state index contributed by atoms with van der Waals surface area (Å²) >= 11 is 5.77. The van der Waals surface area contributed by atoms with Gasteiger partial charge in [0.25, 0.3) is 0 Å². The van der Waals surface area contributed by atoms with Crippen LogP contribution in [-0.2, 0) is 0 Å². The quantitative estimate of drug-likeness (QED) is 0.573. The van der Waals surface area contributed by atoms with Crippen LogP contribution in [0, 0.1) is 0 Å².